The molecule has 2 rings (SSSR count). The lowest BCUT2D eigenvalue weighted by molar-refractivity contribution is -0.587. The second kappa shape index (κ2) is 17.3. The van der Waals surface area contributed by atoms with Gasteiger partial charge in [-0.3, -0.25) is 39.4 Å². The topological polar surface area (TPSA) is 254 Å². The maximum atomic E-state index is 13.2. The minimum atomic E-state index is -2.36. The molecule has 0 fully saturated rings. The molecule has 286 valence electrons. The molecule has 2 aromatic rings. The van der Waals surface area contributed by atoms with Crippen LogP contribution in [0.1, 0.15) is 102 Å². The van der Waals surface area contributed by atoms with Crippen LogP contribution in [0.3, 0.4) is 0 Å². The van der Waals surface area contributed by atoms with Gasteiger partial charge < -0.3 is 29.9 Å². The van der Waals surface area contributed by atoms with Gasteiger partial charge in [0, 0.05) is 59.5 Å². The maximum Gasteiger partial charge on any atom is 0.313 e. The van der Waals surface area contributed by atoms with Crippen LogP contribution >= 0.6 is 0 Å². The van der Waals surface area contributed by atoms with E-state index in [1.165, 1.54) is 36.4 Å². The molecule has 0 aliphatic heterocycles. The number of hydrogen-bond acceptors (Lipinski definition) is 12. The molecule has 52 heavy (non-hydrogen) atoms. The van der Waals surface area contributed by atoms with Crippen LogP contribution in [0.5, 0.6) is 11.5 Å². The number of aromatic hydroxyl groups is 2. The molecule has 0 amide bonds. The van der Waals surface area contributed by atoms with E-state index in [1.807, 2.05) is 0 Å². The summed E-state index contributed by atoms with van der Waals surface area (Å²) in [5.74, 6) is -5.00. The van der Waals surface area contributed by atoms with Crippen molar-refractivity contribution in [1.29, 1.82) is 0 Å². The summed E-state index contributed by atoms with van der Waals surface area (Å²) in [7, 11) is 0. The number of phenolic OH excluding ortho intramolecular Hbond substituents is 2. The second-order valence-electron chi connectivity index (χ2n) is 15.1. The van der Waals surface area contributed by atoms with E-state index >= 15 is 0 Å². The van der Waals surface area contributed by atoms with Crippen molar-refractivity contribution in [2.24, 2.45) is 0 Å². The third-order valence-electron chi connectivity index (χ3n) is 8.20. The number of aliphatic carboxylic acids is 2. The van der Waals surface area contributed by atoms with Crippen molar-refractivity contribution in [3.8, 4) is 11.5 Å². The molecule has 0 saturated heterocycles. The molecule has 2 aromatic carbocycles. The Morgan fingerprint density at radius 2 is 0.962 bits per heavy atom. The first kappa shape index (κ1) is 42.9. The summed E-state index contributed by atoms with van der Waals surface area (Å²) in [4.78, 5) is 73.5. The molecule has 0 aromatic heterocycles. The second-order valence-corrected chi connectivity index (χ2v) is 15.1. The largest absolute Gasteiger partial charge is 0.508 e. The summed E-state index contributed by atoms with van der Waals surface area (Å²) < 4.78 is 10.8. The number of carboxylic acids is 2. The number of benzene rings is 2. The molecule has 0 bridgehead atoms. The van der Waals surface area contributed by atoms with Crippen LogP contribution in [0.25, 0.3) is 0 Å². The van der Waals surface area contributed by atoms with Crippen LogP contribution in [0, 0.1) is 20.2 Å². The minimum absolute atomic E-state index is 0.0224. The number of ether oxygens (including phenoxy) is 2. The van der Waals surface area contributed by atoms with Crippen LogP contribution in [0.2, 0.25) is 0 Å². The van der Waals surface area contributed by atoms with Crippen LogP contribution < -0.4 is 0 Å². The molecule has 2 unspecified atom stereocenters. The zero-order chi connectivity index (χ0) is 39.7. The lowest BCUT2D eigenvalue weighted by atomic mass is 9.76. The quantitative estimate of drug-likeness (QED) is 0.0824. The first-order valence-electron chi connectivity index (χ1n) is 16.6. The van der Waals surface area contributed by atoms with Crippen molar-refractivity contribution in [1.82, 2.24) is 0 Å². The van der Waals surface area contributed by atoms with Gasteiger partial charge in [-0.15, -0.1) is 0 Å². The van der Waals surface area contributed by atoms with E-state index in [1.54, 1.807) is 41.5 Å². The predicted molar refractivity (Wildman–Crippen MR) is 185 cm³/mol. The number of aryl methyl sites for hydroxylation is 2. The van der Waals surface area contributed by atoms with Gasteiger partial charge in [-0.25, -0.2) is 0 Å². The lowest BCUT2D eigenvalue weighted by Gasteiger charge is -2.31. The van der Waals surface area contributed by atoms with E-state index in [0.717, 1.165) is 0 Å². The van der Waals surface area contributed by atoms with Crippen molar-refractivity contribution in [2.45, 2.75) is 128 Å². The first-order chi connectivity index (χ1) is 23.8. The molecule has 0 radical (unpaired) electrons. The van der Waals surface area contributed by atoms with E-state index in [2.05, 4.69) is 0 Å². The summed E-state index contributed by atoms with van der Waals surface area (Å²) in [5.41, 5.74) is -6.04. The normalized spacial score (nSPS) is 14.0. The Morgan fingerprint density at radius 3 is 1.23 bits per heavy atom. The number of phenols is 2. The Hall–Kier alpha value is -5.28. The van der Waals surface area contributed by atoms with Crippen molar-refractivity contribution in [2.75, 3.05) is 0 Å². The molecular formula is C36H48N2O14. The van der Waals surface area contributed by atoms with Crippen molar-refractivity contribution in [3.05, 3.63) is 78.9 Å². The molecule has 0 aliphatic carbocycles. The number of carbonyl (C=O) groups excluding carboxylic acids is 2. The fraction of sp³-hybridized carbons (Fsp3) is 0.556. The van der Waals surface area contributed by atoms with E-state index in [9.17, 15) is 49.6 Å². The summed E-state index contributed by atoms with van der Waals surface area (Å²) in [5, 5.41) is 66.0. The summed E-state index contributed by atoms with van der Waals surface area (Å²) in [6.45, 7) is 9.29. The number of hydrogen-bond donors (Lipinski definition) is 4. The van der Waals surface area contributed by atoms with E-state index in [4.69, 9.17) is 19.7 Å². The number of esters is 2. The number of nitro groups is 2. The van der Waals surface area contributed by atoms with Gasteiger partial charge in [-0.1, -0.05) is 24.3 Å². The maximum absolute atomic E-state index is 13.2. The smallest absolute Gasteiger partial charge is 0.313 e. The van der Waals surface area contributed by atoms with Gasteiger partial charge >= 0.3 is 23.9 Å². The standard InChI is InChI=1S/C36H48N2O14/c1-33(2,3)51-31(45)21-35(37(47)48,19-25-17-23(7-11-27(25)39)9-13-29(41)42)15-16-36(38(49)50,22-32(46)52-34(4,5)6)20-26-18-24(8-12-28(26)40)10-14-30(43)44/h7-8,11-12,17-18,39-40H,9-10,13-16,19-22H2,1-6H3,(H,41,42)(H,43,44). The lowest BCUT2D eigenvalue weighted by Crippen LogP contribution is -2.49. The number of carboxylic acid groups (broad SMARTS) is 2. The number of nitrogens with zero attached hydrogens (tertiary/aromatic N) is 2. The van der Waals surface area contributed by atoms with Gasteiger partial charge in [0.1, 0.15) is 35.5 Å². The van der Waals surface area contributed by atoms with Gasteiger partial charge in [-0.2, -0.15) is 0 Å². The molecule has 0 saturated carbocycles. The third kappa shape index (κ3) is 13.5. The van der Waals surface area contributed by atoms with Crippen molar-refractivity contribution >= 4 is 23.9 Å². The Kier molecular flexibility index (Phi) is 14.3. The molecule has 4 N–H and O–H groups in total. The molecular weight excluding hydrogens is 684 g/mol. The van der Waals surface area contributed by atoms with E-state index < -0.39 is 106 Å². The van der Waals surface area contributed by atoms with Crippen molar-refractivity contribution in [3.63, 3.8) is 0 Å². The highest BCUT2D eigenvalue weighted by atomic mass is 16.6. The zero-order valence-electron chi connectivity index (χ0n) is 30.3. The van der Waals surface area contributed by atoms with Gasteiger partial charge in [0.2, 0.25) is 11.1 Å². The first-order valence-corrected chi connectivity index (χ1v) is 16.6. The molecule has 16 nitrogen and oxygen atoms in total. The fourth-order valence-electron chi connectivity index (χ4n) is 5.76. The van der Waals surface area contributed by atoms with Crippen LogP contribution in [-0.2, 0) is 54.3 Å². The molecule has 2 atom stereocenters. The Balaban J connectivity index is 2.75. The Morgan fingerprint density at radius 1 is 0.635 bits per heavy atom. The summed E-state index contributed by atoms with van der Waals surface area (Å²) in [6.07, 6.45) is -4.98. The van der Waals surface area contributed by atoms with Crippen LogP contribution in [-0.4, -0.2) is 76.4 Å². The Labute approximate surface area is 301 Å². The van der Waals surface area contributed by atoms with Gasteiger partial charge in [0.05, 0.1) is 0 Å². The van der Waals surface area contributed by atoms with Crippen LogP contribution in [0.4, 0.5) is 0 Å². The minimum Gasteiger partial charge on any atom is -0.508 e. The molecule has 0 spiro atoms. The highest BCUT2D eigenvalue weighted by Crippen LogP contribution is 2.38. The molecule has 0 heterocycles. The summed E-state index contributed by atoms with van der Waals surface area (Å²) in [6, 6.07) is 8.09. The van der Waals surface area contributed by atoms with Crippen LogP contribution in [0.15, 0.2) is 36.4 Å². The summed E-state index contributed by atoms with van der Waals surface area (Å²) >= 11 is 0. The average Bonchev–Trinajstić information content (AvgIpc) is 2.98. The average molecular weight is 733 g/mol. The van der Waals surface area contributed by atoms with E-state index in [0.29, 0.717) is 11.1 Å². The monoisotopic (exact) mass is 732 g/mol. The van der Waals surface area contributed by atoms with Gasteiger partial charge in [-0.05, 0) is 77.6 Å². The zero-order valence-corrected chi connectivity index (χ0v) is 30.3. The SMILES string of the molecule is CC(C)(C)OC(=O)CC(CCC(CC(=O)OC(C)(C)C)(Cc1cc(CCC(=O)O)ccc1O)[N+](=O)[O-])(Cc1cc(CCC(=O)O)ccc1O)[N+](=O)[O-]. The molecule has 0 aliphatic rings. The Bertz CT molecular complexity index is 1540. The number of carbonyl (C=O) groups is 4. The van der Waals surface area contributed by atoms with Gasteiger partial charge in [0.25, 0.3) is 0 Å². The fourth-order valence-corrected chi connectivity index (χ4v) is 5.76. The van der Waals surface area contributed by atoms with Crippen molar-refractivity contribution < 1.29 is 58.9 Å². The number of rotatable bonds is 19. The van der Waals surface area contributed by atoms with E-state index in [-0.39, 0.29) is 36.8 Å². The highest BCUT2D eigenvalue weighted by molar-refractivity contribution is 5.72. The third-order valence-corrected chi connectivity index (χ3v) is 8.20. The highest BCUT2D eigenvalue weighted by Gasteiger charge is 2.53. The van der Waals surface area contributed by atoms with Gasteiger partial charge in [0.15, 0.2) is 0 Å². The molecule has 16 heteroatoms. The predicted octanol–water partition coefficient (Wildman–Crippen LogP) is 5.19.